The molecule has 4 nitrogen and oxygen atoms in total. The lowest BCUT2D eigenvalue weighted by molar-refractivity contribution is -0.116. The van der Waals surface area contributed by atoms with Crippen LogP contribution in [-0.4, -0.2) is 11.9 Å². The third kappa shape index (κ3) is 4.93. The van der Waals surface area contributed by atoms with Crippen molar-refractivity contribution < 1.29 is 9.53 Å². The number of benzene rings is 2. The number of ether oxygens (including phenoxy) is 1. The van der Waals surface area contributed by atoms with Gasteiger partial charge in [-0.2, -0.15) is 0 Å². The minimum absolute atomic E-state index is 0.0684. The predicted molar refractivity (Wildman–Crippen MR) is 84.5 cm³/mol. The number of hydrogen-bond donors (Lipinski definition) is 2. The highest BCUT2D eigenvalue weighted by Gasteiger charge is 2.07. The SMILES string of the molecule is CCC(N)CC(=O)Nc1ccc(Oc2ccccc2)cc1. The molecule has 2 rings (SSSR count). The molecule has 0 aliphatic heterocycles. The molecule has 110 valence electrons. The van der Waals surface area contributed by atoms with E-state index in [1.807, 2.05) is 61.5 Å². The Morgan fingerprint density at radius 3 is 2.33 bits per heavy atom. The Labute approximate surface area is 124 Å². The van der Waals surface area contributed by atoms with Crippen LogP contribution in [0.25, 0.3) is 0 Å². The molecule has 2 aromatic carbocycles. The fraction of sp³-hybridized carbons (Fsp3) is 0.235. The molecule has 1 unspecified atom stereocenters. The van der Waals surface area contributed by atoms with Gasteiger partial charge in [-0.25, -0.2) is 0 Å². The van der Waals surface area contributed by atoms with E-state index in [-0.39, 0.29) is 11.9 Å². The number of hydrogen-bond acceptors (Lipinski definition) is 3. The Bertz CT molecular complexity index is 567. The van der Waals surface area contributed by atoms with E-state index in [0.717, 1.165) is 23.6 Å². The summed E-state index contributed by atoms with van der Waals surface area (Å²) in [6.07, 6.45) is 1.12. The fourth-order valence-electron chi connectivity index (χ4n) is 1.83. The van der Waals surface area contributed by atoms with E-state index < -0.39 is 0 Å². The molecule has 21 heavy (non-hydrogen) atoms. The van der Waals surface area contributed by atoms with E-state index >= 15 is 0 Å². The van der Waals surface area contributed by atoms with Gasteiger partial charge in [0.1, 0.15) is 11.5 Å². The van der Waals surface area contributed by atoms with Crippen molar-refractivity contribution in [1.29, 1.82) is 0 Å². The van der Waals surface area contributed by atoms with Gasteiger partial charge < -0.3 is 15.8 Å². The van der Waals surface area contributed by atoms with Crippen molar-refractivity contribution >= 4 is 11.6 Å². The van der Waals surface area contributed by atoms with Crippen molar-refractivity contribution in [2.75, 3.05) is 5.32 Å². The van der Waals surface area contributed by atoms with Gasteiger partial charge in [0.25, 0.3) is 0 Å². The molecule has 1 amide bonds. The van der Waals surface area contributed by atoms with Crippen molar-refractivity contribution in [2.45, 2.75) is 25.8 Å². The molecule has 0 aliphatic carbocycles. The summed E-state index contributed by atoms with van der Waals surface area (Å²) in [5.74, 6) is 1.44. The Morgan fingerprint density at radius 1 is 1.10 bits per heavy atom. The average molecular weight is 284 g/mol. The first-order valence-electron chi connectivity index (χ1n) is 7.05. The second-order valence-corrected chi connectivity index (χ2v) is 4.86. The van der Waals surface area contributed by atoms with Crippen LogP contribution in [0.2, 0.25) is 0 Å². The van der Waals surface area contributed by atoms with Gasteiger partial charge in [0.05, 0.1) is 0 Å². The lowest BCUT2D eigenvalue weighted by Crippen LogP contribution is -2.26. The maximum Gasteiger partial charge on any atom is 0.225 e. The van der Waals surface area contributed by atoms with Crippen molar-refractivity contribution in [3.8, 4) is 11.5 Å². The van der Waals surface area contributed by atoms with Crippen LogP contribution in [0.3, 0.4) is 0 Å². The highest BCUT2D eigenvalue weighted by atomic mass is 16.5. The van der Waals surface area contributed by atoms with Crippen LogP contribution in [0.15, 0.2) is 54.6 Å². The molecule has 0 spiro atoms. The van der Waals surface area contributed by atoms with Gasteiger partial charge in [0, 0.05) is 18.2 Å². The number of anilines is 1. The minimum atomic E-state index is -0.0920. The Kier molecular flexibility index (Phi) is 5.35. The maximum atomic E-state index is 11.7. The molecular formula is C17H20N2O2. The molecule has 0 fully saturated rings. The minimum Gasteiger partial charge on any atom is -0.457 e. The summed E-state index contributed by atoms with van der Waals surface area (Å²) in [7, 11) is 0. The second kappa shape index (κ2) is 7.45. The van der Waals surface area contributed by atoms with E-state index in [2.05, 4.69) is 5.32 Å². The van der Waals surface area contributed by atoms with Crippen LogP contribution < -0.4 is 15.8 Å². The summed E-state index contributed by atoms with van der Waals surface area (Å²) >= 11 is 0. The number of carbonyl (C=O) groups excluding carboxylic acids is 1. The number of rotatable bonds is 6. The number of para-hydroxylation sites is 1. The van der Waals surface area contributed by atoms with Gasteiger partial charge in [0.15, 0.2) is 0 Å². The van der Waals surface area contributed by atoms with Crippen molar-refractivity contribution in [3.05, 3.63) is 54.6 Å². The van der Waals surface area contributed by atoms with E-state index in [9.17, 15) is 4.79 Å². The first kappa shape index (κ1) is 15.1. The summed E-state index contributed by atoms with van der Waals surface area (Å²) in [6, 6.07) is 16.7. The number of carbonyl (C=O) groups is 1. The van der Waals surface area contributed by atoms with Gasteiger partial charge in [-0.05, 0) is 42.8 Å². The quantitative estimate of drug-likeness (QED) is 0.852. The van der Waals surface area contributed by atoms with Gasteiger partial charge in [0.2, 0.25) is 5.91 Å². The Morgan fingerprint density at radius 2 is 1.71 bits per heavy atom. The smallest absolute Gasteiger partial charge is 0.225 e. The largest absolute Gasteiger partial charge is 0.457 e. The summed E-state index contributed by atoms with van der Waals surface area (Å²) in [5, 5.41) is 2.82. The zero-order valence-corrected chi connectivity index (χ0v) is 12.1. The van der Waals surface area contributed by atoms with Crippen LogP contribution >= 0.6 is 0 Å². The van der Waals surface area contributed by atoms with E-state index in [1.54, 1.807) is 0 Å². The number of nitrogens with one attached hydrogen (secondary N) is 1. The lowest BCUT2D eigenvalue weighted by atomic mass is 10.1. The normalized spacial score (nSPS) is 11.7. The standard InChI is InChI=1S/C17H20N2O2/c1-2-13(18)12-17(20)19-14-8-10-16(11-9-14)21-15-6-4-3-5-7-15/h3-11,13H,2,12,18H2,1H3,(H,19,20). The van der Waals surface area contributed by atoms with E-state index in [1.165, 1.54) is 0 Å². The van der Waals surface area contributed by atoms with Crippen LogP contribution in [0.4, 0.5) is 5.69 Å². The fourth-order valence-corrected chi connectivity index (χ4v) is 1.83. The number of nitrogens with two attached hydrogens (primary N) is 1. The summed E-state index contributed by atoms with van der Waals surface area (Å²) in [4.78, 5) is 11.7. The van der Waals surface area contributed by atoms with E-state index in [4.69, 9.17) is 10.5 Å². The van der Waals surface area contributed by atoms with Gasteiger partial charge in [-0.1, -0.05) is 25.1 Å². The van der Waals surface area contributed by atoms with E-state index in [0.29, 0.717) is 6.42 Å². The molecule has 2 aromatic rings. The first-order valence-corrected chi connectivity index (χ1v) is 7.05. The molecular weight excluding hydrogens is 264 g/mol. The second-order valence-electron chi connectivity index (χ2n) is 4.86. The average Bonchev–Trinajstić information content (AvgIpc) is 2.50. The molecule has 4 heteroatoms. The van der Waals surface area contributed by atoms with Crippen LogP contribution in [-0.2, 0) is 4.79 Å². The molecule has 0 saturated heterocycles. The van der Waals surface area contributed by atoms with Crippen molar-refractivity contribution in [3.63, 3.8) is 0 Å². The number of amides is 1. The topological polar surface area (TPSA) is 64.4 Å². The summed E-state index contributed by atoms with van der Waals surface area (Å²) in [5.41, 5.74) is 6.50. The third-order valence-corrected chi connectivity index (χ3v) is 3.09. The highest BCUT2D eigenvalue weighted by molar-refractivity contribution is 5.91. The van der Waals surface area contributed by atoms with Crippen LogP contribution in [0, 0.1) is 0 Å². The monoisotopic (exact) mass is 284 g/mol. The predicted octanol–water partition coefficient (Wildman–Crippen LogP) is 3.54. The Balaban J connectivity index is 1.91. The first-order chi connectivity index (χ1) is 10.2. The van der Waals surface area contributed by atoms with Crippen molar-refractivity contribution in [1.82, 2.24) is 0 Å². The molecule has 0 aliphatic rings. The summed E-state index contributed by atoms with van der Waals surface area (Å²) in [6.45, 7) is 1.97. The van der Waals surface area contributed by atoms with Crippen LogP contribution in [0.5, 0.6) is 11.5 Å². The molecule has 0 radical (unpaired) electrons. The van der Waals surface area contributed by atoms with Gasteiger partial charge in [-0.15, -0.1) is 0 Å². The zero-order valence-electron chi connectivity index (χ0n) is 12.1. The highest BCUT2D eigenvalue weighted by Crippen LogP contribution is 2.22. The molecule has 0 saturated carbocycles. The summed E-state index contributed by atoms with van der Waals surface area (Å²) < 4.78 is 5.69. The van der Waals surface area contributed by atoms with Crippen molar-refractivity contribution in [2.24, 2.45) is 5.73 Å². The van der Waals surface area contributed by atoms with Gasteiger partial charge >= 0.3 is 0 Å². The molecule has 0 aromatic heterocycles. The van der Waals surface area contributed by atoms with Gasteiger partial charge in [-0.3, -0.25) is 4.79 Å². The molecule has 3 N–H and O–H groups in total. The maximum absolute atomic E-state index is 11.7. The zero-order chi connectivity index (χ0) is 15.1. The molecule has 1 atom stereocenters. The molecule has 0 bridgehead atoms. The van der Waals surface area contributed by atoms with Crippen LogP contribution in [0.1, 0.15) is 19.8 Å². The third-order valence-electron chi connectivity index (χ3n) is 3.09. The lowest BCUT2D eigenvalue weighted by Gasteiger charge is -2.10. The molecule has 0 heterocycles. The Hall–Kier alpha value is -2.33.